The molecule has 0 saturated carbocycles. The maximum Gasteiger partial charge on any atom is 0.247 e. The molecule has 0 aliphatic rings. The lowest BCUT2D eigenvalue weighted by Crippen LogP contribution is -2.20. The molecule has 0 fully saturated rings. The average Bonchev–Trinajstić information content (AvgIpc) is 2.83. The van der Waals surface area contributed by atoms with Crippen LogP contribution in [0.15, 0.2) is 48.7 Å². The summed E-state index contributed by atoms with van der Waals surface area (Å²) < 4.78 is 1.56. The number of para-hydroxylation sites is 1. The third-order valence-electron chi connectivity index (χ3n) is 2.65. The maximum absolute atomic E-state index is 11.9. The zero-order chi connectivity index (χ0) is 13.1. The minimum atomic E-state index is -0.186. The van der Waals surface area contributed by atoms with Crippen molar-refractivity contribution in [1.29, 1.82) is 0 Å². The van der Waals surface area contributed by atoms with Crippen molar-refractivity contribution in [3.8, 4) is 0 Å². The van der Waals surface area contributed by atoms with Crippen LogP contribution in [0.2, 0.25) is 0 Å². The van der Waals surface area contributed by atoms with Gasteiger partial charge >= 0.3 is 0 Å². The summed E-state index contributed by atoms with van der Waals surface area (Å²) in [4.78, 5) is 15.9. The van der Waals surface area contributed by atoms with Crippen LogP contribution < -0.4 is 5.32 Å². The molecule has 3 aromatic rings. The van der Waals surface area contributed by atoms with Crippen molar-refractivity contribution in [2.75, 3.05) is 5.32 Å². The van der Waals surface area contributed by atoms with Gasteiger partial charge in [0.2, 0.25) is 5.91 Å². The first-order valence-electron chi connectivity index (χ1n) is 5.82. The van der Waals surface area contributed by atoms with Gasteiger partial charge in [0.05, 0.1) is 5.52 Å². The zero-order valence-corrected chi connectivity index (χ0v) is 10.0. The Balaban J connectivity index is 1.76. The van der Waals surface area contributed by atoms with Crippen molar-refractivity contribution >= 4 is 22.8 Å². The van der Waals surface area contributed by atoms with E-state index in [4.69, 9.17) is 0 Å². The van der Waals surface area contributed by atoms with E-state index in [2.05, 4.69) is 20.6 Å². The second-order valence-corrected chi connectivity index (χ2v) is 4.00. The van der Waals surface area contributed by atoms with Gasteiger partial charge in [-0.05, 0) is 24.3 Å². The molecule has 6 nitrogen and oxygen atoms in total. The van der Waals surface area contributed by atoms with E-state index in [1.54, 1.807) is 23.0 Å². The Morgan fingerprint density at radius 2 is 2.00 bits per heavy atom. The van der Waals surface area contributed by atoms with E-state index < -0.39 is 0 Å². The SMILES string of the molecule is O=C(Cn1nnc2ccccc21)Nc1ccccn1. The molecule has 6 heteroatoms. The predicted octanol–water partition coefficient (Wildman–Crippen LogP) is 1.46. The van der Waals surface area contributed by atoms with Gasteiger partial charge in [-0.25, -0.2) is 9.67 Å². The van der Waals surface area contributed by atoms with E-state index in [0.29, 0.717) is 5.82 Å². The van der Waals surface area contributed by atoms with Crippen LogP contribution in [-0.4, -0.2) is 25.9 Å². The fourth-order valence-electron chi connectivity index (χ4n) is 1.79. The molecule has 1 N–H and O–H groups in total. The number of benzene rings is 1. The van der Waals surface area contributed by atoms with Gasteiger partial charge < -0.3 is 5.32 Å². The lowest BCUT2D eigenvalue weighted by Gasteiger charge is -2.04. The normalized spacial score (nSPS) is 10.5. The molecule has 2 aromatic heterocycles. The van der Waals surface area contributed by atoms with E-state index >= 15 is 0 Å². The molecule has 0 bridgehead atoms. The summed E-state index contributed by atoms with van der Waals surface area (Å²) in [6.45, 7) is 0.108. The second-order valence-electron chi connectivity index (χ2n) is 4.00. The fraction of sp³-hybridized carbons (Fsp3) is 0.0769. The molecule has 3 rings (SSSR count). The largest absolute Gasteiger partial charge is 0.309 e. The van der Waals surface area contributed by atoms with Gasteiger partial charge in [0, 0.05) is 6.20 Å². The van der Waals surface area contributed by atoms with Crippen LogP contribution >= 0.6 is 0 Å². The van der Waals surface area contributed by atoms with Crippen LogP contribution in [0.25, 0.3) is 11.0 Å². The van der Waals surface area contributed by atoms with E-state index in [9.17, 15) is 4.79 Å². The first-order chi connectivity index (χ1) is 9.33. The van der Waals surface area contributed by atoms with Crippen molar-refractivity contribution in [3.63, 3.8) is 0 Å². The number of carbonyl (C=O) groups is 1. The summed E-state index contributed by atoms with van der Waals surface area (Å²) in [7, 11) is 0. The van der Waals surface area contributed by atoms with Crippen LogP contribution in [0.3, 0.4) is 0 Å². The zero-order valence-electron chi connectivity index (χ0n) is 10.0. The topological polar surface area (TPSA) is 72.7 Å². The Labute approximate surface area is 109 Å². The summed E-state index contributed by atoms with van der Waals surface area (Å²) in [5, 5.41) is 10.7. The highest BCUT2D eigenvalue weighted by Gasteiger charge is 2.08. The molecule has 1 aromatic carbocycles. The third kappa shape index (κ3) is 2.42. The third-order valence-corrected chi connectivity index (χ3v) is 2.65. The molecule has 0 spiro atoms. The molecule has 0 aliphatic carbocycles. The lowest BCUT2D eigenvalue weighted by atomic mass is 10.3. The highest BCUT2D eigenvalue weighted by atomic mass is 16.2. The van der Waals surface area contributed by atoms with E-state index in [0.717, 1.165) is 11.0 Å². The number of fused-ring (bicyclic) bond motifs is 1. The number of hydrogen-bond acceptors (Lipinski definition) is 4. The number of nitrogens with one attached hydrogen (secondary N) is 1. The van der Waals surface area contributed by atoms with E-state index in [-0.39, 0.29) is 12.5 Å². The summed E-state index contributed by atoms with van der Waals surface area (Å²) in [5.41, 5.74) is 1.60. The Kier molecular flexibility index (Phi) is 2.89. The van der Waals surface area contributed by atoms with Crippen LogP contribution in [0.1, 0.15) is 0 Å². The highest BCUT2D eigenvalue weighted by Crippen LogP contribution is 2.09. The molecule has 1 amide bonds. The van der Waals surface area contributed by atoms with Crippen LogP contribution in [0, 0.1) is 0 Å². The van der Waals surface area contributed by atoms with Gasteiger partial charge in [-0.15, -0.1) is 5.10 Å². The molecule has 0 saturated heterocycles. The van der Waals surface area contributed by atoms with Crippen molar-refractivity contribution in [3.05, 3.63) is 48.7 Å². The maximum atomic E-state index is 11.9. The number of amides is 1. The molecule has 0 radical (unpaired) electrons. The minimum Gasteiger partial charge on any atom is -0.309 e. The quantitative estimate of drug-likeness (QED) is 0.767. The molecule has 0 aliphatic heterocycles. The van der Waals surface area contributed by atoms with Gasteiger partial charge in [0.15, 0.2) is 0 Å². The summed E-state index contributed by atoms with van der Waals surface area (Å²) in [5.74, 6) is 0.339. The Morgan fingerprint density at radius 1 is 1.16 bits per heavy atom. The van der Waals surface area contributed by atoms with Gasteiger partial charge in [-0.3, -0.25) is 4.79 Å². The number of pyridine rings is 1. The highest BCUT2D eigenvalue weighted by molar-refractivity contribution is 5.90. The standard InChI is InChI=1S/C13H11N5O/c19-13(15-12-7-3-4-8-14-12)9-18-11-6-2-1-5-10(11)16-17-18/h1-8H,9H2,(H,14,15,19). The summed E-state index contributed by atoms with van der Waals surface area (Å²) >= 11 is 0. The van der Waals surface area contributed by atoms with E-state index in [1.165, 1.54) is 0 Å². The van der Waals surface area contributed by atoms with Crippen LogP contribution in [0.5, 0.6) is 0 Å². The smallest absolute Gasteiger partial charge is 0.247 e. The molecule has 0 atom stereocenters. The van der Waals surface area contributed by atoms with Crippen molar-refractivity contribution < 1.29 is 4.79 Å². The molecule has 2 heterocycles. The van der Waals surface area contributed by atoms with Crippen LogP contribution in [0.4, 0.5) is 5.82 Å². The number of rotatable bonds is 3. The second kappa shape index (κ2) is 4.85. The van der Waals surface area contributed by atoms with Gasteiger partial charge in [0.1, 0.15) is 17.9 Å². The summed E-state index contributed by atoms with van der Waals surface area (Å²) in [6, 6.07) is 12.8. The molecule has 94 valence electrons. The lowest BCUT2D eigenvalue weighted by molar-refractivity contribution is -0.116. The van der Waals surface area contributed by atoms with Crippen LogP contribution in [-0.2, 0) is 11.3 Å². The van der Waals surface area contributed by atoms with E-state index in [1.807, 2.05) is 30.3 Å². The fourth-order valence-corrected chi connectivity index (χ4v) is 1.79. The minimum absolute atomic E-state index is 0.108. The van der Waals surface area contributed by atoms with Crippen molar-refractivity contribution in [2.45, 2.75) is 6.54 Å². The number of hydrogen-bond donors (Lipinski definition) is 1. The summed E-state index contributed by atoms with van der Waals surface area (Å²) in [6.07, 6.45) is 1.63. The Hall–Kier alpha value is -2.76. The molecule has 0 unspecified atom stereocenters. The Bertz CT molecular complexity index is 707. The number of anilines is 1. The average molecular weight is 253 g/mol. The molecular formula is C13H11N5O. The molecular weight excluding hydrogens is 242 g/mol. The Morgan fingerprint density at radius 3 is 2.84 bits per heavy atom. The van der Waals surface area contributed by atoms with Crippen molar-refractivity contribution in [1.82, 2.24) is 20.0 Å². The number of aromatic nitrogens is 4. The number of carbonyl (C=O) groups excluding carboxylic acids is 1. The van der Waals surface area contributed by atoms with Gasteiger partial charge in [-0.2, -0.15) is 0 Å². The van der Waals surface area contributed by atoms with Gasteiger partial charge in [-0.1, -0.05) is 23.4 Å². The first kappa shape index (κ1) is 11.3. The van der Waals surface area contributed by atoms with Crippen molar-refractivity contribution in [2.24, 2.45) is 0 Å². The number of nitrogens with zero attached hydrogens (tertiary/aromatic N) is 4. The first-order valence-corrected chi connectivity index (χ1v) is 5.82. The molecule has 19 heavy (non-hydrogen) atoms. The predicted molar refractivity (Wildman–Crippen MR) is 70.4 cm³/mol. The monoisotopic (exact) mass is 253 g/mol. The van der Waals surface area contributed by atoms with Gasteiger partial charge in [0.25, 0.3) is 0 Å².